The van der Waals surface area contributed by atoms with Gasteiger partial charge in [-0.3, -0.25) is 0 Å². The van der Waals surface area contributed by atoms with Crippen molar-refractivity contribution < 1.29 is 0 Å². The van der Waals surface area contributed by atoms with Gasteiger partial charge in [-0.05, 0) is 35.5 Å². The first-order chi connectivity index (χ1) is 5.68. The largest absolute Gasteiger partial charge is 0.0848 e. The maximum atomic E-state index is 2.47. The first-order valence-electron chi connectivity index (χ1n) is 5.06. The number of fused-ring (bicyclic) bond motifs is 5. The topological polar surface area (TPSA) is 0 Å². The van der Waals surface area contributed by atoms with Gasteiger partial charge in [-0.1, -0.05) is 38.2 Å². The quantitative estimate of drug-likeness (QED) is 0.478. The van der Waals surface area contributed by atoms with E-state index in [0.29, 0.717) is 5.41 Å². The van der Waals surface area contributed by atoms with Crippen LogP contribution in [0.25, 0.3) is 0 Å². The highest BCUT2D eigenvalue weighted by molar-refractivity contribution is 5.26. The van der Waals surface area contributed by atoms with E-state index in [1.54, 1.807) is 0 Å². The average molecular weight is 160 g/mol. The third kappa shape index (κ3) is 0.646. The Balaban J connectivity index is 2.04. The molecule has 3 aliphatic rings. The first kappa shape index (κ1) is 6.94. The highest BCUT2D eigenvalue weighted by Gasteiger charge is 2.51. The summed E-state index contributed by atoms with van der Waals surface area (Å²) in [7, 11) is 0. The smallest absolute Gasteiger partial charge is 0.0128 e. The van der Waals surface area contributed by atoms with E-state index in [-0.39, 0.29) is 0 Å². The van der Waals surface area contributed by atoms with Crippen molar-refractivity contribution in [1.82, 2.24) is 0 Å². The van der Waals surface area contributed by atoms with Gasteiger partial charge in [0.1, 0.15) is 0 Å². The van der Waals surface area contributed by atoms with Crippen LogP contribution in [0.5, 0.6) is 0 Å². The van der Waals surface area contributed by atoms with Crippen molar-refractivity contribution in [2.45, 2.75) is 20.3 Å². The van der Waals surface area contributed by atoms with Crippen LogP contribution in [0.1, 0.15) is 20.3 Å². The van der Waals surface area contributed by atoms with Gasteiger partial charge in [0.05, 0.1) is 0 Å². The van der Waals surface area contributed by atoms with E-state index in [9.17, 15) is 0 Å². The highest BCUT2D eigenvalue weighted by atomic mass is 14.6. The summed E-state index contributed by atoms with van der Waals surface area (Å²) in [6.07, 6.45) is 11.2. The predicted molar refractivity (Wildman–Crippen MR) is 50.6 cm³/mol. The van der Waals surface area contributed by atoms with Crippen LogP contribution in [0.15, 0.2) is 24.3 Å². The Hall–Kier alpha value is -0.520. The first-order valence-corrected chi connectivity index (χ1v) is 5.06. The summed E-state index contributed by atoms with van der Waals surface area (Å²) in [5, 5.41) is 0. The van der Waals surface area contributed by atoms with E-state index < -0.39 is 0 Å². The summed E-state index contributed by atoms with van der Waals surface area (Å²) >= 11 is 0. The van der Waals surface area contributed by atoms with E-state index in [2.05, 4.69) is 38.2 Å². The molecular formula is C12H16. The van der Waals surface area contributed by atoms with Crippen molar-refractivity contribution in [3.05, 3.63) is 24.3 Å². The van der Waals surface area contributed by atoms with Crippen LogP contribution in [-0.2, 0) is 0 Å². The Morgan fingerprint density at radius 3 is 2.58 bits per heavy atom. The van der Waals surface area contributed by atoms with Gasteiger partial charge in [0.2, 0.25) is 0 Å². The minimum absolute atomic E-state index is 0.467. The van der Waals surface area contributed by atoms with Crippen LogP contribution in [0, 0.1) is 29.1 Å². The molecule has 3 rings (SSSR count). The standard InChI is InChI=1S/C12H16/c1-12(2)6-5-10-8-3-4-9(7-8)11(10)12/h3-6,8-11H,7H2,1-2H3. The van der Waals surface area contributed by atoms with Crippen LogP contribution in [0.2, 0.25) is 0 Å². The van der Waals surface area contributed by atoms with Crippen LogP contribution >= 0.6 is 0 Å². The number of hydrogen-bond acceptors (Lipinski definition) is 0. The molecule has 0 amide bonds. The summed E-state index contributed by atoms with van der Waals surface area (Å²) < 4.78 is 0. The summed E-state index contributed by atoms with van der Waals surface area (Å²) in [4.78, 5) is 0. The van der Waals surface area contributed by atoms with Crippen molar-refractivity contribution >= 4 is 0 Å². The molecular weight excluding hydrogens is 144 g/mol. The molecule has 3 aliphatic carbocycles. The molecule has 0 radical (unpaired) electrons. The Morgan fingerprint density at radius 1 is 1.08 bits per heavy atom. The molecule has 64 valence electrons. The van der Waals surface area contributed by atoms with Gasteiger partial charge in [-0.2, -0.15) is 0 Å². The fourth-order valence-corrected chi connectivity index (χ4v) is 3.64. The molecule has 0 N–H and O–H groups in total. The van der Waals surface area contributed by atoms with Crippen molar-refractivity contribution in [1.29, 1.82) is 0 Å². The van der Waals surface area contributed by atoms with Gasteiger partial charge >= 0.3 is 0 Å². The molecule has 0 saturated heterocycles. The second-order valence-corrected chi connectivity index (χ2v) is 5.23. The molecule has 12 heavy (non-hydrogen) atoms. The summed E-state index contributed by atoms with van der Waals surface area (Å²) in [5.41, 5.74) is 0.467. The Morgan fingerprint density at radius 2 is 1.83 bits per heavy atom. The molecule has 2 bridgehead atoms. The van der Waals surface area contributed by atoms with Gasteiger partial charge in [0, 0.05) is 0 Å². The molecule has 0 aromatic carbocycles. The Bertz CT molecular complexity index is 270. The number of rotatable bonds is 0. The maximum absolute atomic E-state index is 2.47. The van der Waals surface area contributed by atoms with E-state index >= 15 is 0 Å². The Kier molecular flexibility index (Phi) is 1.08. The number of hydrogen-bond donors (Lipinski definition) is 0. The van der Waals surface area contributed by atoms with Gasteiger partial charge in [0.15, 0.2) is 0 Å². The lowest BCUT2D eigenvalue weighted by molar-refractivity contribution is 0.226. The van der Waals surface area contributed by atoms with Gasteiger partial charge in [0.25, 0.3) is 0 Å². The lowest BCUT2D eigenvalue weighted by Crippen LogP contribution is -2.26. The summed E-state index contributed by atoms with van der Waals surface area (Å²) in [6.45, 7) is 4.78. The molecule has 0 aliphatic heterocycles. The Labute approximate surface area is 74.4 Å². The van der Waals surface area contributed by atoms with Crippen LogP contribution in [0.4, 0.5) is 0 Å². The molecule has 0 heterocycles. The monoisotopic (exact) mass is 160 g/mol. The zero-order valence-electron chi connectivity index (χ0n) is 7.83. The average Bonchev–Trinajstić information content (AvgIpc) is 2.61. The summed E-state index contributed by atoms with van der Waals surface area (Å²) in [5.74, 6) is 3.59. The molecule has 0 spiro atoms. The van der Waals surface area contributed by atoms with E-state index in [0.717, 1.165) is 23.7 Å². The van der Waals surface area contributed by atoms with Crippen LogP contribution in [-0.4, -0.2) is 0 Å². The second kappa shape index (κ2) is 1.86. The van der Waals surface area contributed by atoms with Crippen LogP contribution in [0.3, 0.4) is 0 Å². The van der Waals surface area contributed by atoms with Gasteiger partial charge in [-0.25, -0.2) is 0 Å². The fourth-order valence-electron chi connectivity index (χ4n) is 3.64. The van der Waals surface area contributed by atoms with E-state index in [1.165, 1.54) is 6.42 Å². The van der Waals surface area contributed by atoms with Gasteiger partial charge < -0.3 is 0 Å². The second-order valence-electron chi connectivity index (χ2n) is 5.23. The van der Waals surface area contributed by atoms with Crippen LogP contribution < -0.4 is 0 Å². The zero-order valence-corrected chi connectivity index (χ0v) is 7.83. The molecule has 0 aromatic heterocycles. The molecule has 4 unspecified atom stereocenters. The molecule has 1 fully saturated rings. The SMILES string of the molecule is CC1(C)C=CC2C3C=CC(C3)C21. The fraction of sp³-hybridized carbons (Fsp3) is 0.667. The van der Waals surface area contributed by atoms with E-state index in [4.69, 9.17) is 0 Å². The molecule has 0 aromatic rings. The molecule has 0 nitrogen and oxygen atoms in total. The third-order valence-electron chi connectivity index (χ3n) is 4.13. The third-order valence-corrected chi connectivity index (χ3v) is 4.13. The maximum Gasteiger partial charge on any atom is -0.0128 e. The summed E-state index contributed by atoms with van der Waals surface area (Å²) in [6, 6.07) is 0. The van der Waals surface area contributed by atoms with Crippen molar-refractivity contribution in [2.24, 2.45) is 29.1 Å². The lowest BCUT2D eigenvalue weighted by Gasteiger charge is -2.32. The lowest BCUT2D eigenvalue weighted by atomic mass is 9.72. The van der Waals surface area contributed by atoms with Crippen molar-refractivity contribution in [2.75, 3.05) is 0 Å². The molecule has 0 heteroatoms. The minimum atomic E-state index is 0.467. The minimum Gasteiger partial charge on any atom is -0.0848 e. The predicted octanol–water partition coefficient (Wildman–Crippen LogP) is 3.02. The van der Waals surface area contributed by atoms with Crippen molar-refractivity contribution in [3.63, 3.8) is 0 Å². The highest BCUT2D eigenvalue weighted by Crippen LogP contribution is 2.58. The van der Waals surface area contributed by atoms with Crippen molar-refractivity contribution in [3.8, 4) is 0 Å². The normalized spacial score (nSPS) is 51.8. The van der Waals surface area contributed by atoms with Gasteiger partial charge in [-0.15, -0.1) is 0 Å². The zero-order chi connectivity index (χ0) is 8.34. The van der Waals surface area contributed by atoms with E-state index in [1.807, 2.05) is 0 Å². The molecule has 4 atom stereocenters. The number of allylic oxidation sites excluding steroid dienone is 4. The molecule has 1 saturated carbocycles.